The first-order chi connectivity index (χ1) is 5.00. The van der Waals surface area contributed by atoms with Crippen molar-refractivity contribution in [2.75, 3.05) is 0 Å². The molecule has 11 heavy (non-hydrogen) atoms. The summed E-state index contributed by atoms with van der Waals surface area (Å²) in [5.74, 6) is 0. The van der Waals surface area contributed by atoms with Crippen molar-refractivity contribution in [3.05, 3.63) is 60.7 Å². The molecule has 2 aromatic rings. The van der Waals surface area contributed by atoms with E-state index in [-0.39, 0.29) is 19.5 Å². The Kier molecular flexibility index (Phi) is 6.97. The van der Waals surface area contributed by atoms with Crippen LogP contribution in [-0.4, -0.2) is 0 Å². The summed E-state index contributed by atoms with van der Waals surface area (Å²) in [7, 11) is 0. The summed E-state index contributed by atoms with van der Waals surface area (Å²) in [4.78, 5) is 0. The van der Waals surface area contributed by atoms with E-state index in [1.165, 1.54) is 0 Å². The molecule has 0 fully saturated rings. The molecule has 0 aromatic heterocycles. The maximum atomic E-state index is 2.00. The Morgan fingerprint density at radius 2 is 0.818 bits per heavy atom. The van der Waals surface area contributed by atoms with Gasteiger partial charge in [0.2, 0.25) is 0 Å². The molecule has 0 amide bonds. The zero-order valence-electron chi connectivity index (χ0n) is 6.13. The van der Waals surface area contributed by atoms with Crippen molar-refractivity contribution in [2.45, 2.75) is 0 Å². The van der Waals surface area contributed by atoms with Crippen molar-refractivity contribution in [1.82, 2.24) is 0 Å². The van der Waals surface area contributed by atoms with Crippen LogP contribution in [0.25, 0.3) is 0 Å². The van der Waals surface area contributed by atoms with Gasteiger partial charge in [-0.3, -0.25) is 0 Å². The van der Waals surface area contributed by atoms with E-state index < -0.39 is 0 Å². The van der Waals surface area contributed by atoms with Crippen LogP contribution in [0.2, 0.25) is 0 Å². The predicted molar refractivity (Wildman–Crippen MR) is 44.1 cm³/mol. The van der Waals surface area contributed by atoms with Crippen LogP contribution in [0.1, 0.15) is 0 Å². The summed E-state index contributed by atoms with van der Waals surface area (Å²) in [6.45, 7) is 0. The van der Waals surface area contributed by atoms with E-state index in [0.29, 0.717) is 0 Å². The van der Waals surface area contributed by atoms with Gasteiger partial charge in [-0.05, 0) is 0 Å². The molecule has 0 aliphatic carbocycles. The van der Waals surface area contributed by atoms with Crippen LogP contribution in [0, 0.1) is 0 Å². The summed E-state index contributed by atoms with van der Waals surface area (Å²) in [5.41, 5.74) is 0. The molecule has 2 rings (SSSR count). The second kappa shape index (κ2) is 7.43. The monoisotopic (exact) mass is 232 g/mol. The van der Waals surface area contributed by atoms with Crippen molar-refractivity contribution >= 4 is 0 Å². The molecular weight excluding hydrogens is 221 g/mol. The molecular formula is C10H10Ru. The normalized spacial score (nSPS) is 7.27. The molecule has 0 aliphatic heterocycles. The molecule has 0 N–H and O–H groups in total. The third-order valence-electron chi connectivity index (χ3n) is 1.11. The van der Waals surface area contributed by atoms with E-state index in [0.717, 1.165) is 0 Å². The SMILES string of the molecule is [Ru+2].c1cc[cH-]c1.c1cc[cH-]c1. The Balaban J connectivity index is 0.000000167. The van der Waals surface area contributed by atoms with Gasteiger partial charge in [-0.1, -0.05) is 0 Å². The van der Waals surface area contributed by atoms with Gasteiger partial charge in [0.15, 0.2) is 0 Å². The molecule has 0 spiro atoms. The third kappa shape index (κ3) is 5.75. The van der Waals surface area contributed by atoms with E-state index in [1.54, 1.807) is 0 Å². The van der Waals surface area contributed by atoms with Crippen LogP contribution in [-0.2, 0) is 19.5 Å². The minimum Gasteiger partial charge on any atom is -0.214 e. The zero-order valence-corrected chi connectivity index (χ0v) is 7.87. The molecule has 0 unspecified atom stereocenters. The van der Waals surface area contributed by atoms with Gasteiger partial charge in [0.25, 0.3) is 0 Å². The molecule has 0 bridgehead atoms. The van der Waals surface area contributed by atoms with Crippen molar-refractivity contribution in [3.8, 4) is 0 Å². The first-order valence-corrected chi connectivity index (χ1v) is 3.33. The quantitative estimate of drug-likeness (QED) is 0.483. The summed E-state index contributed by atoms with van der Waals surface area (Å²) in [6, 6.07) is 20.0. The van der Waals surface area contributed by atoms with Gasteiger partial charge in [0, 0.05) is 0 Å². The number of rotatable bonds is 0. The number of hydrogen-bond donors (Lipinski definition) is 0. The molecule has 0 nitrogen and oxygen atoms in total. The van der Waals surface area contributed by atoms with Crippen molar-refractivity contribution in [3.63, 3.8) is 0 Å². The van der Waals surface area contributed by atoms with E-state index in [1.807, 2.05) is 60.7 Å². The van der Waals surface area contributed by atoms with E-state index in [2.05, 4.69) is 0 Å². The van der Waals surface area contributed by atoms with Gasteiger partial charge in [-0.2, -0.15) is 36.4 Å². The molecule has 0 atom stereocenters. The Labute approximate surface area is 80.4 Å². The van der Waals surface area contributed by atoms with Gasteiger partial charge in [0.1, 0.15) is 0 Å². The molecule has 0 saturated carbocycles. The Morgan fingerprint density at radius 3 is 0.909 bits per heavy atom. The minimum absolute atomic E-state index is 0. The van der Waals surface area contributed by atoms with Crippen LogP contribution in [0.3, 0.4) is 0 Å². The Morgan fingerprint density at radius 1 is 0.545 bits per heavy atom. The molecule has 2 aromatic carbocycles. The topological polar surface area (TPSA) is 0 Å². The fourth-order valence-electron chi connectivity index (χ4n) is 0.642. The molecule has 0 saturated heterocycles. The average molecular weight is 231 g/mol. The molecule has 0 heterocycles. The van der Waals surface area contributed by atoms with Crippen LogP contribution < -0.4 is 0 Å². The standard InChI is InChI=1S/2C5H5.Ru/c2*1-2-4-5-3-1;/h2*1-5H;/q2*-1;+2. The van der Waals surface area contributed by atoms with Crippen molar-refractivity contribution in [2.24, 2.45) is 0 Å². The summed E-state index contributed by atoms with van der Waals surface area (Å²) < 4.78 is 0. The smallest absolute Gasteiger partial charge is 0.214 e. The van der Waals surface area contributed by atoms with Crippen molar-refractivity contribution < 1.29 is 19.5 Å². The second-order valence-electron chi connectivity index (χ2n) is 1.92. The fourth-order valence-corrected chi connectivity index (χ4v) is 0.642. The maximum Gasteiger partial charge on any atom is 2.00 e. The summed E-state index contributed by atoms with van der Waals surface area (Å²) in [6.07, 6.45) is 0. The zero-order chi connectivity index (χ0) is 7.07. The Bertz CT molecular complexity index is 144. The summed E-state index contributed by atoms with van der Waals surface area (Å²) in [5, 5.41) is 0. The largest absolute Gasteiger partial charge is 2.00 e. The Hall–Kier alpha value is -0.677. The van der Waals surface area contributed by atoms with Gasteiger partial charge >= 0.3 is 19.5 Å². The fraction of sp³-hybridized carbons (Fsp3) is 0. The van der Waals surface area contributed by atoms with Gasteiger partial charge in [0.05, 0.1) is 0 Å². The number of hydrogen-bond acceptors (Lipinski definition) is 0. The van der Waals surface area contributed by atoms with Crippen LogP contribution in [0.5, 0.6) is 0 Å². The van der Waals surface area contributed by atoms with Crippen LogP contribution in [0.4, 0.5) is 0 Å². The molecule has 58 valence electrons. The van der Waals surface area contributed by atoms with Crippen LogP contribution >= 0.6 is 0 Å². The van der Waals surface area contributed by atoms with Gasteiger partial charge in [-0.15, -0.1) is 0 Å². The van der Waals surface area contributed by atoms with Crippen LogP contribution in [0.15, 0.2) is 60.7 Å². The van der Waals surface area contributed by atoms with Gasteiger partial charge in [-0.25, -0.2) is 24.3 Å². The maximum absolute atomic E-state index is 2.00. The summed E-state index contributed by atoms with van der Waals surface area (Å²) >= 11 is 0. The average Bonchev–Trinajstić information content (AvgIpc) is 2.67. The van der Waals surface area contributed by atoms with Gasteiger partial charge < -0.3 is 0 Å². The molecule has 1 heteroatoms. The van der Waals surface area contributed by atoms with E-state index in [9.17, 15) is 0 Å². The van der Waals surface area contributed by atoms with Crippen molar-refractivity contribution in [1.29, 1.82) is 0 Å². The first-order valence-electron chi connectivity index (χ1n) is 3.33. The van der Waals surface area contributed by atoms with E-state index in [4.69, 9.17) is 0 Å². The predicted octanol–water partition coefficient (Wildman–Crippen LogP) is 2.81. The minimum atomic E-state index is 0. The van der Waals surface area contributed by atoms with E-state index >= 15 is 0 Å². The third-order valence-corrected chi connectivity index (χ3v) is 1.11. The first kappa shape index (κ1) is 10.3. The molecule has 0 aliphatic rings. The second-order valence-corrected chi connectivity index (χ2v) is 1.92. The molecule has 0 radical (unpaired) electrons.